The van der Waals surface area contributed by atoms with Crippen molar-refractivity contribution in [2.45, 2.75) is 6.92 Å². The van der Waals surface area contributed by atoms with Crippen LogP contribution in [0.15, 0.2) is 0 Å². The minimum absolute atomic E-state index is 1.12. The molecule has 0 nitrogen and oxygen atoms in total. The molecule has 0 aliphatic rings. The van der Waals surface area contributed by atoms with E-state index in [4.69, 9.17) is 0 Å². The molecule has 0 amide bonds. The third-order valence-electron chi connectivity index (χ3n) is 0.183. The number of rotatable bonds is 0. The zero-order valence-corrected chi connectivity index (χ0v) is 3.63. The van der Waals surface area contributed by atoms with Crippen LogP contribution >= 0.6 is 7.83 Å². The van der Waals surface area contributed by atoms with Crippen LogP contribution in [0.3, 0.4) is 0 Å². The summed E-state index contributed by atoms with van der Waals surface area (Å²) in [5, 5.41) is 0. The summed E-state index contributed by atoms with van der Waals surface area (Å²) in [4.78, 5) is 0. The predicted molar refractivity (Wildman–Crippen MR) is 25.8 cm³/mol. The van der Waals surface area contributed by atoms with Gasteiger partial charge in [0.15, 0.2) is 0 Å². The van der Waals surface area contributed by atoms with Crippen LogP contribution < -0.4 is 0 Å². The van der Waals surface area contributed by atoms with E-state index in [0.29, 0.717) is 0 Å². The molecule has 0 atom stereocenters. The molecular weight excluding hydrogens is 67.0 g/mol. The summed E-state index contributed by atoms with van der Waals surface area (Å²) in [6.45, 7) is 1.98. The van der Waals surface area contributed by atoms with Gasteiger partial charge in [0.05, 0.1) is 0 Å². The summed E-state index contributed by atoms with van der Waals surface area (Å²) in [5.74, 6) is 1.99. The Labute approximate surface area is 27.9 Å². The Morgan fingerprint density at radius 1 is 2.00 bits per heavy atom. The molecule has 4 heavy (non-hydrogen) atoms. The van der Waals surface area contributed by atoms with E-state index < -0.39 is 0 Å². The molecule has 22 valence electrons. The molecule has 0 aromatic rings. The maximum absolute atomic E-state index is 3.52. The van der Waals surface area contributed by atoms with Gasteiger partial charge in [-0.05, 0) is 0 Å². The van der Waals surface area contributed by atoms with Crippen LogP contribution in [0, 0.1) is 0 Å². The third-order valence-corrected chi connectivity index (χ3v) is 0.548. The molecule has 0 aliphatic heterocycles. The van der Waals surface area contributed by atoms with Crippen LogP contribution in [0.2, 0.25) is 0 Å². The Kier molecular flexibility index (Phi) is 3.30. The molecule has 0 aromatic heterocycles. The van der Waals surface area contributed by atoms with Crippen molar-refractivity contribution in [3.63, 3.8) is 0 Å². The van der Waals surface area contributed by atoms with Crippen LogP contribution in [0.4, 0.5) is 0 Å². The van der Waals surface area contributed by atoms with Crippen molar-refractivity contribution in [3.8, 4) is 0 Å². The summed E-state index contributed by atoms with van der Waals surface area (Å²) in [6.07, 6.45) is 3.52. The van der Waals surface area contributed by atoms with E-state index in [9.17, 15) is 0 Å². The monoisotopic (exact) mass is 73.0 g/mol. The number of hydrogen-bond acceptors (Lipinski definition) is 0. The molecule has 0 aromatic carbocycles. The topological polar surface area (TPSA) is 0 Å². The molecule has 0 radical (unpaired) electrons. The number of hydrogen-bond donors (Lipinski definition) is 0. The molecule has 0 bridgehead atoms. The van der Waals surface area contributed by atoms with E-state index in [2.05, 4.69) is 6.30 Å². The fourth-order valence-corrected chi connectivity index (χ4v) is 0. The summed E-state index contributed by atoms with van der Waals surface area (Å²) < 4.78 is 0. The zero-order valence-electron chi connectivity index (χ0n) is 2.73. The Hall–Kier alpha value is 0.170. The van der Waals surface area contributed by atoms with Gasteiger partial charge in [-0.25, -0.2) is 0 Å². The van der Waals surface area contributed by atoms with E-state index in [0.717, 1.165) is 7.83 Å². The Bertz CT molecular complexity index is 41.2. The van der Waals surface area contributed by atoms with Crippen molar-refractivity contribution < 1.29 is 0 Å². The SMILES string of the molecule is C=[P+]=CC. The molecule has 0 aliphatic carbocycles. The normalized spacial score (nSPS) is 5.25. The van der Waals surface area contributed by atoms with Gasteiger partial charge in [-0.15, -0.1) is 0 Å². The second kappa shape index (κ2) is 3.17. The average molecular weight is 73.1 g/mol. The molecule has 0 unspecified atom stereocenters. The van der Waals surface area contributed by atoms with Crippen LogP contribution in [0.1, 0.15) is 6.92 Å². The van der Waals surface area contributed by atoms with Crippen molar-refractivity contribution >= 4 is 19.9 Å². The quantitative estimate of drug-likeness (QED) is 0.378. The van der Waals surface area contributed by atoms with Crippen LogP contribution in [-0.4, -0.2) is 12.1 Å². The second-order valence-corrected chi connectivity index (χ2v) is 1.32. The molecular formula is C3H6P+. The fraction of sp³-hybridized carbons (Fsp3) is 0.333. The Morgan fingerprint density at radius 3 is 2.25 bits per heavy atom. The van der Waals surface area contributed by atoms with Crippen molar-refractivity contribution in [1.82, 2.24) is 0 Å². The standard InChI is InChI=1S/C3H6P/c1-3-4-2/h3H,2H2,1H3/q+1. The molecule has 0 saturated carbocycles. The van der Waals surface area contributed by atoms with E-state index in [1.54, 1.807) is 0 Å². The van der Waals surface area contributed by atoms with Crippen LogP contribution in [-0.2, 0) is 0 Å². The molecule has 0 heterocycles. The minimum atomic E-state index is 1.12. The van der Waals surface area contributed by atoms with Gasteiger partial charge in [0.25, 0.3) is 0 Å². The maximum atomic E-state index is 3.52. The molecule has 1 heteroatoms. The van der Waals surface area contributed by atoms with Gasteiger partial charge in [-0.1, -0.05) is 0 Å². The molecule has 0 saturated heterocycles. The first-order chi connectivity index (χ1) is 1.91. The van der Waals surface area contributed by atoms with Crippen molar-refractivity contribution in [2.24, 2.45) is 0 Å². The van der Waals surface area contributed by atoms with E-state index >= 15 is 0 Å². The van der Waals surface area contributed by atoms with Gasteiger partial charge in [0.2, 0.25) is 0 Å². The molecule has 0 spiro atoms. The summed E-state index contributed by atoms with van der Waals surface area (Å²) in [5.41, 5.74) is 0. The van der Waals surface area contributed by atoms with Gasteiger partial charge < -0.3 is 0 Å². The Balaban J connectivity index is 3.11. The molecule has 0 rings (SSSR count). The van der Waals surface area contributed by atoms with Crippen LogP contribution in [0.5, 0.6) is 0 Å². The van der Waals surface area contributed by atoms with E-state index in [-0.39, 0.29) is 0 Å². The molecule has 0 fully saturated rings. The summed E-state index contributed by atoms with van der Waals surface area (Å²) in [7, 11) is 1.12. The average Bonchev–Trinajstić information content (AvgIpc) is 1.37. The summed E-state index contributed by atoms with van der Waals surface area (Å²) >= 11 is 0. The predicted octanol–water partition coefficient (Wildman–Crippen LogP) is 1.19. The van der Waals surface area contributed by atoms with Gasteiger partial charge in [-0.3, -0.25) is 0 Å². The molecule has 0 N–H and O–H groups in total. The first-order valence-corrected chi connectivity index (χ1v) is 2.30. The Morgan fingerprint density at radius 2 is 2.25 bits per heavy atom. The fourth-order valence-electron chi connectivity index (χ4n) is 0. The van der Waals surface area contributed by atoms with Crippen molar-refractivity contribution in [1.29, 1.82) is 0 Å². The van der Waals surface area contributed by atoms with Gasteiger partial charge >= 0.3 is 26.8 Å². The van der Waals surface area contributed by atoms with Crippen molar-refractivity contribution in [2.75, 3.05) is 0 Å². The first-order valence-electron chi connectivity index (χ1n) is 1.15. The van der Waals surface area contributed by atoms with Crippen LogP contribution in [0.25, 0.3) is 0 Å². The van der Waals surface area contributed by atoms with Gasteiger partial charge in [0, 0.05) is 0 Å². The second-order valence-electron chi connectivity index (χ2n) is 0.441. The first kappa shape index (κ1) is 4.17. The van der Waals surface area contributed by atoms with E-state index in [1.807, 2.05) is 12.7 Å². The summed E-state index contributed by atoms with van der Waals surface area (Å²) in [6, 6.07) is 0. The van der Waals surface area contributed by atoms with Gasteiger partial charge in [0.1, 0.15) is 0 Å². The van der Waals surface area contributed by atoms with Crippen molar-refractivity contribution in [3.05, 3.63) is 0 Å². The van der Waals surface area contributed by atoms with E-state index in [1.165, 1.54) is 0 Å². The van der Waals surface area contributed by atoms with Gasteiger partial charge in [-0.2, -0.15) is 0 Å². The third kappa shape index (κ3) is 2.17. The zero-order chi connectivity index (χ0) is 3.41.